The van der Waals surface area contributed by atoms with Crippen LogP contribution < -0.4 is 15.4 Å². The van der Waals surface area contributed by atoms with Crippen molar-refractivity contribution in [1.29, 1.82) is 0 Å². The van der Waals surface area contributed by atoms with Gasteiger partial charge in [-0.05, 0) is 12.1 Å². The minimum Gasteiger partial charge on any atom is -0.493 e. The van der Waals surface area contributed by atoms with Crippen LogP contribution in [-0.4, -0.2) is 20.2 Å². The number of carbonyl (C=O) groups excluding carboxylic acids is 1. The number of urea groups is 1. The fraction of sp³-hybridized carbons (Fsp3) is 0.222. The van der Waals surface area contributed by atoms with E-state index in [0.29, 0.717) is 21.5 Å². The van der Waals surface area contributed by atoms with Crippen molar-refractivity contribution in [3.63, 3.8) is 0 Å². The summed E-state index contributed by atoms with van der Waals surface area (Å²) in [5, 5.41) is 0.733. The molecule has 2 amide bonds. The Morgan fingerprint density at radius 3 is 2.53 bits per heavy atom. The van der Waals surface area contributed by atoms with Crippen molar-refractivity contribution in [3.05, 3.63) is 22.2 Å². The SMILES string of the molecule is COc1c(Cl)cc(Cl)cc1N(C)C(N)=O. The van der Waals surface area contributed by atoms with E-state index in [9.17, 15) is 4.79 Å². The van der Waals surface area contributed by atoms with Gasteiger partial charge in [-0.1, -0.05) is 23.2 Å². The van der Waals surface area contributed by atoms with Gasteiger partial charge in [-0.2, -0.15) is 0 Å². The van der Waals surface area contributed by atoms with Crippen molar-refractivity contribution in [2.75, 3.05) is 19.1 Å². The van der Waals surface area contributed by atoms with Gasteiger partial charge in [0.1, 0.15) is 0 Å². The zero-order valence-corrected chi connectivity index (χ0v) is 9.76. The predicted octanol–water partition coefficient (Wildman–Crippen LogP) is 2.52. The van der Waals surface area contributed by atoms with E-state index in [1.165, 1.54) is 25.1 Å². The Labute approximate surface area is 97.5 Å². The standard InChI is InChI=1S/C9H10Cl2N2O2/c1-13(9(12)14)7-4-5(10)3-6(11)8(7)15-2/h3-4H,1-2H3,(H2,12,14). The molecule has 0 radical (unpaired) electrons. The van der Waals surface area contributed by atoms with Crippen molar-refractivity contribution >= 4 is 34.9 Å². The largest absolute Gasteiger partial charge is 0.493 e. The molecule has 0 saturated carbocycles. The molecule has 4 nitrogen and oxygen atoms in total. The molecule has 82 valence electrons. The van der Waals surface area contributed by atoms with Gasteiger partial charge in [0, 0.05) is 12.1 Å². The van der Waals surface area contributed by atoms with Crippen molar-refractivity contribution in [2.24, 2.45) is 5.73 Å². The van der Waals surface area contributed by atoms with Crippen LogP contribution in [0.5, 0.6) is 5.75 Å². The van der Waals surface area contributed by atoms with Crippen molar-refractivity contribution in [1.82, 2.24) is 0 Å². The highest BCUT2D eigenvalue weighted by atomic mass is 35.5. The lowest BCUT2D eigenvalue weighted by Crippen LogP contribution is -2.32. The molecule has 0 spiro atoms. The number of primary amides is 1. The Kier molecular flexibility index (Phi) is 3.66. The summed E-state index contributed by atoms with van der Waals surface area (Å²) in [6, 6.07) is 2.46. The number of hydrogen-bond donors (Lipinski definition) is 1. The van der Waals surface area contributed by atoms with Crippen molar-refractivity contribution in [3.8, 4) is 5.75 Å². The van der Waals surface area contributed by atoms with Gasteiger partial charge in [-0.15, -0.1) is 0 Å². The molecule has 0 heterocycles. The van der Waals surface area contributed by atoms with Crippen LogP contribution >= 0.6 is 23.2 Å². The van der Waals surface area contributed by atoms with Crippen LogP contribution in [0.25, 0.3) is 0 Å². The quantitative estimate of drug-likeness (QED) is 0.875. The van der Waals surface area contributed by atoms with E-state index < -0.39 is 6.03 Å². The molecule has 0 unspecified atom stereocenters. The minimum atomic E-state index is -0.619. The number of hydrogen-bond acceptors (Lipinski definition) is 2. The molecule has 0 saturated heterocycles. The highest BCUT2D eigenvalue weighted by Crippen LogP contribution is 2.37. The minimum absolute atomic E-state index is 0.327. The summed E-state index contributed by atoms with van der Waals surface area (Å²) in [4.78, 5) is 12.2. The zero-order valence-electron chi connectivity index (χ0n) is 8.25. The maximum atomic E-state index is 11.0. The van der Waals surface area contributed by atoms with E-state index in [0.717, 1.165) is 0 Å². The fourth-order valence-electron chi connectivity index (χ4n) is 1.12. The number of anilines is 1. The molecule has 0 atom stereocenters. The molecule has 0 aliphatic heterocycles. The Hall–Kier alpha value is -1.13. The van der Waals surface area contributed by atoms with Gasteiger partial charge in [0.05, 0.1) is 17.8 Å². The zero-order chi connectivity index (χ0) is 11.6. The lowest BCUT2D eigenvalue weighted by atomic mass is 10.2. The van der Waals surface area contributed by atoms with Gasteiger partial charge < -0.3 is 10.5 Å². The highest BCUT2D eigenvalue weighted by Gasteiger charge is 2.16. The number of methoxy groups -OCH3 is 1. The lowest BCUT2D eigenvalue weighted by molar-refractivity contribution is 0.255. The smallest absolute Gasteiger partial charge is 0.319 e. The maximum Gasteiger partial charge on any atom is 0.319 e. The van der Waals surface area contributed by atoms with Crippen molar-refractivity contribution < 1.29 is 9.53 Å². The van der Waals surface area contributed by atoms with Crippen LogP contribution in [0.3, 0.4) is 0 Å². The molecule has 1 aromatic rings. The number of halogens is 2. The number of nitrogens with zero attached hydrogens (tertiary/aromatic N) is 1. The van der Waals surface area contributed by atoms with E-state index in [2.05, 4.69) is 0 Å². The summed E-state index contributed by atoms with van der Waals surface area (Å²) in [5.41, 5.74) is 5.57. The number of ether oxygens (including phenoxy) is 1. The van der Waals surface area contributed by atoms with Gasteiger partial charge >= 0.3 is 6.03 Å². The first-order valence-electron chi connectivity index (χ1n) is 4.03. The van der Waals surface area contributed by atoms with Gasteiger partial charge in [0.2, 0.25) is 0 Å². The first-order chi connectivity index (χ1) is 6.97. The summed E-state index contributed by atoms with van der Waals surface area (Å²) in [5.74, 6) is 0.363. The summed E-state index contributed by atoms with van der Waals surface area (Å²) < 4.78 is 5.06. The van der Waals surface area contributed by atoms with Crippen molar-refractivity contribution in [2.45, 2.75) is 0 Å². The van der Waals surface area contributed by atoms with E-state index in [-0.39, 0.29) is 0 Å². The molecule has 6 heteroatoms. The average Bonchev–Trinajstić information content (AvgIpc) is 2.15. The fourth-order valence-corrected chi connectivity index (χ4v) is 1.68. The van der Waals surface area contributed by atoms with E-state index in [1.54, 1.807) is 6.07 Å². The molecule has 0 bridgehead atoms. The Bertz CT molecular complexity index is 396. The van der Waals surface area contributed by atoms with Crippen LogP contribution in [0.4, 0.5) is 10.5 Å². The molecule has 0 fully saturated rings. The Morgan fingerprint density at radius 1 is 1.47 bits per heavy atom. The number of benzene rings is 1. The predicted molar refractivity (Wildman–Crippen MR) is 61.0 cm³/mol. The molecule has 1 aromatic carbocycles. The highest BCUT2D eigenvalue weighted by molar-refractivity contribution is 6.36. The molecule has 2 N–H and O–H groups in total. The summed E-state index contributed by atoms with van der Waals surface area (Å²) in [6.45, 7) is 0. The second kappa shape index (κ2) is 4.59. The van der Waals surface area contributed by atoms with Crippen LogP contribution in [0.15, 0.2) is 12.1 Å². The topological polar surface area (TPSA) is 55.6 Å². The van der Waals surface area contributed by atoms with Crippen LogP contribution in [0.1, 0.15) is 0 Å². The third-order valence-electron chi connectivity index (χ3n) is 1.88. The first-order valence-corrected chi connectivity index (χ1v) is 4.79. The molecule has 0 aliphatic rings. The molecule has 15 heavy (non-hydrogen) atoms. The van der Waals surface area contributed by atoms with Gasteiger partial charge in [-0.25, -0.2) is 4.79 Å². The molecular formula is C9H10Cl2N2O2. The Balaban J connectivity index is 3.32. The average molecular weight is 249 g/mol. The molecular weight excluding hydrogens is 239 g/mol. The number of nitrogens with two attached hydrogens (primary N) is 1. The van der Waals surface area contributed by atoms with E-state index >= 15 is 0 Å². The normalized spacial score (nSPS) is 9.87. The number of carbonyl (C=O) groups is 1. The summed E-state index contributed by atoms with van der Waals surface area (Å²) in [6.07, 6.45) is 0. The van der Waals surface area contributed by atoms with Crippen LogP contribution in [0.2, 0.25) is 10.0 Å². The second-order valence-electron chi connectivity index (χ2n) is 2.84. The lowest BCUT2D eigenvalue weighted by Gasteiger charge is -2.18. The third-order valence-corrected chi connectivity index (χ3v) is 2.38. The first kappa shape index (κ1) is 11.9. The van der Waals surface area contributed by atoms with E-state index in [4.69, 9.17) is 33.7 Å². The summed E-state index contributed by atoms with van der Waals surface area (Å²) >= 11 is 11.7. The van der Waals surface area contributed by atoms with Gasteiger partial charge in [0.15, 0.2) is 5.75 Å². The monoisotopic (exact) mass is 248 g/mol. The second-order valence-corrected chi connectivity index (χ2v) is 3.68. The maximum absolute atomic E-state index is 11.0. The summed E-state index contributed by atoms with van der Waals surface area (Å²) in [7, 11) is 2.96. The number of rotatable bonds is 2. The molecule has 1 rings (SSSR count). The van der Waals surface area contributed by atoms with E-state index in [1.807, 2.05) is 0 Å². The third kappa shape index (κ3) is 2.46. The van der Waals surface area contributed by atoms with Gasteiger partial charge in [-0.3, -0.25) is 4.90 Å². The van der Waals surface area contributed by atoms with Crippen LogP contribution in [0, 0.1) is 0 Å². The Morgan fingerprint density at radius 2 is 2.07 bits per heavy atom. The number of amides is 2. The molecule has 0 aliphatic carbocycles. The van der Waals surface area contributed by atoms with Crippen LogP contribution in [-0.2, 0) is 0 Å². The molecule has 0 aromatic heterocycles. The van der Waals surface area contributed by atoms with Gasteiger partial charge in [0.25, 0.3) is 0 Å².